The van der Waals surface area contributed by atoms with Gasteiger partial charge >= 0.3 is 0 Å². The Morgan fingerprint density at radius 1 is 0.714 bits per heavy atom. The third-order valence-corrected chi connectivity index (χ3v) is 4.29. The molecule has 0 unspecified atom stereocenters. The summed E-state index contributed by atoms with van der Waals surface area (Å²) < 4.78 is 77.9. The van der Waals surface area contributed by atoms with Crippen LogP contribution in [0.25, 0.3) is 0 Å². The molecule has 2 nitrogen and oxygen atoms in total. The van der Waals surface area contributed by atoms with Crippen molar-refractivity contribution in [2.75, 3.05) is 5.08 Å². The lowest BCUT2D eigenvalue weighted by Gasteiger charge is -2.05. The molecule has 0 N–H and O–H groups in total. The molecule has 2 rings (SSSR count). The van der Waals surface area contributed by atoms with Gasteiger partial charge in [-0.05, 0) is 0 Å². The number of halogens is 6. The Morgan fingerprint density at radius 2 is 1.10 bits per heavy atom. The fourth-order valence-corrected chi connectivity index (χ4v) is 3.30. The van der Waals surface area contributed by atoms with Crippen LogP contribution in [0.4, 0.5) is 26.3 Å². The van der Waals surface area contributed by atoms with Crippen LogP contribution in [0.2, 0.25) is 0 Å². The number of hydrogen-bond donors (Lipinski definition) is 0. The van der Waals surface area contributed by atoms with E-state index >= 15 is 0 Å². The van der Waals surface area contributed by atoms with Crippen LogP contribution in [-0.4, -0.2) is 15.1 Å². The van der Waals surface area contributed by atoms with Gasteiger partial charge in [0.15, 0.2) is 11.6 Å². The molecule has 0 amide bonds. The van der Waals surface area contributed by atoms with Gasteiger partial charge < -0.3 is 0 Å². The largest absolute Gasteiger partial charge is 0.252 e. The van der Waals surface area contributed by atoms with Crippen LogP contribution < -0.4 is 0 Å². The van der Waals surface area contributed by atoms with Crippen LogP contribution in [0, 0.1) is 35.4 Å². The molecule has 0 radical (unpaired) electrons. The lowest BCUT2D eigenvalue weighted by molar-refractivity contribution is 0.432. The highest BCUT2D eigenvalue weighted by Crippen LogP contribution is 2.32. The number of pyridine rings is 2. The number of nitrogens with zero attached hydrogens (tertiary/aromatic N) is 2. The van der Waals surface area contributed by atoms with Crippen LogP contribution in [0.1, 0.15) is 0 Å². The summed E-state index contributed by atoms with van der Waals surface area (Å²) in [7, 11) is 0. The zero-order chi connectivity index (χ0) is 15.6. The highest BCUT2D eigenvalue weighted by atomic mass is 32.2. The van der Waals surface area contributed by atoms with E-state index in [1.165, 1.54) is 0 Å². The lowest BCUT2D eigenvalue weighted by Crippen LogP contribution is -1.97. The van der Waals surface area contributed by atoms with Crippen molar-refractivity contribution in [3.8, 4) is 0 Å². The highest BCUT2D eigenvalue weighted by Gasteiger charge is 2.15. The van der Waals surface area contributed by atoms with Gasteiger partial charge in [0, 0.05) is 17.2 Å². The Kier molecular flexibility index (Phi) is 4.99. The minimum absolute atomic E-state index is 0.139. The van der Waals surface area contributed by atoms with Crippen molar-refractivity contribution in [3.63, 3.8) is 0 Å². The monoisotopic (exact) mass is 342 g/mol. The van der Waals surface area contributed by atoms with Gasteiger partial charge in [-0.25, -0.2) is 8.78 Å². The third-order valence-electron chi connectivity index (χ3n) is 2.13. The van der Waals surface area contributed by atoms with Crippen molar-refractivity contribution in [1.29, 1.82) is 0 Å². The molecule has 0 bridgehead atoms. The van der Waals surface area contributed by atoms with Crippen molar-refractivity contribution >= 4 is 23.5 Å². The first-order valence-corrected chi connectivity index (χ1v) is 7.14. The highest BCUT2D eigenvalue weighted by molar-refractivity contribution is 8.16. The average Bonchev–Trinajstić information content (AvgIpc) is 2.40. The molecule has 0 aliphatic heterocycles. The van der Waals surface area contributed by atoms with E-state index in [2.05, 4.69) is 9.97 Å². The van der Waals surface area contributed by atoms with Gasteiger partial charge in [-0.2, -0.15) is 27.5 Å². The van der Waals surface area contributed by atoms with Crippen molar-refractivity contribution < 1.29 is 26.3 Å². The molecule has 0 aliphatic rings. The van der Waals surface area contributed by atoms with Gasteiger partial charge in [-0.3, -0.25) is 0 Å². The zero-order valence-corrected chi connectivity index (χ0v) is 11.5. The summed E-state index contributed by atoms with van der Waals surface area (Å²) in [6.07, 6.45) is 0. The molecule has 0 saturated heterocycles. The predicted octanol–water partition coefficient (Wildman–Crippen LogP) is 4.15. The van der Waals surface area contributed by atoms with Gasteiger partial charge in [0.25, 0.3) is 11.9 Å². The van der Waals surface area contributed by atoms with E-state index in [1.54, 1.807) is 0 Å². The van der Waals surface area contributed by atoms with Crippen LogP contribution in [0.5, 0.6) is 0 Å². The zero-order valence-electron chi connectivity index (χ0n) is 9.84. The molecule has 0 aromatic carbocycles. The van der Waals surface area contributed by atoms with E-state index in [0.29, 0.717) is 35.7 Å². The summed E-state index contributed by atoms with van der Waals surface area (Å²) in [4.78, 5) is 4.51. The molecular weight excluding hydrogens is 338 g/mol. The Morgan fingerprint density at radius 3 is 1.48 bits per heavy atom. The van der Waals surface area contributed by atoms with E-state index in [4.69, 9.17) is 0 Å². The second-order valence-corrected chi connectivity index (χ2v) is 5.90. The molecule has 2 aromatic rings. The molecule has 2 aromatic heterocycles. The molecule has 21 heavy (non-hydrogen) atoms. The fraction of sp³-hybridized carbons (Fsp3) is 0.0909. The topological polar surface area (TPSA) is 25.8 Å². The molecule has 0 fully saturated rings. The van der Waals surface area contributed by atoms with E-state index in [-0.39, 0.29) is 14.9 Å². The first-order valence-electron chi connectivity index (χ1n) is 5.17. The summed E-state index contributed by atoms with van der Waals surface area (Å²) in [5.41, 5.74) is 0. The molecule has 2 heterocycles. The van der Waals surface area contributed by atoms with Gasteiger partial charge in [0.05, 0.1) is 9.79 Å². The maximum atomic E-state index is 13.3. The fourth-order valence-electron chi connectivity index (χ4n) is 1.26. The van der Waals surface area contributed by atoms with E-state index in [0.717, 1.165) is 0 Å². The van der Waals surface area contributed by atoms with Crippen molar-refractivity contribution in [3.05, 3.63) is 47.6 Å². The molecule has 112 valence electrons. The van der Waals surface area contributed by atoms with Crippen molar-refractivity contribution in [1.82, 2.24) is 9.97 Å². The second kappa shape index (κ2) is 6.56. The summed E-state index contributed by atoms with van der Waals surface area (Å²) in [6.45, 7) is 0. The summed E-state index contributed by atoms with van der Waals surface area (Å²) in [5.74, 6) is -8.34. The van der Waals surface area contributed by atoms with Gasteiger partial charge in [-0.1, -0.05) is 0 Å². The van der Waals surface area contributed by atoms with E-state index in [1.807, 2.05) is 0 Å². The van der Waals surface area contributed by atoms with E-state index in [9.17, 15) is 26.3 Å². The van der Waals surface area contributed by atoms with Crippen LogP contribution in [0.3, 0.4) is 0 Å². The molecule has 0 aliphatic carbocycles. The number of thioether (sulfide) groups is 2. The normalized spacial score (nSPS) is 11.0. The molecule has 0 spiro atoms. The standard InChI is InChI=1S/C11H4F6N2S2/c12-6-1-4(8(14)10(16)18-6)20-3-21-5-2-7(13)19-11(17)9(5)15/h1-2H,3H2. The average molecular weight is 342 g/mol. The Bertz CT molecular complexity index is 625. The van der Waals surface area contributed by atoms with E-state index < -0.39 is 35.4 Å². The first-order chi connectivity index (χ1) is 9.88. The Hall–Kier alpha value is -1.42. The van der Waals surface area contributed by atoms with Gasteiger partial charge in [0.2, 0.25) is 11.9 Å². The third kappa shape index (κ3) is 3.82. The SMILES string of the molecule is Fc1cc(SCSc2cc(F)nc(F)c2F)c(F)c(F)n1. The van der Waals surface area contributed by atoms with Gasteiger partial charge in [-0.15, -0.1) is 23.5 Å². The minimum atomic E-state index is -1.60. The molecule has 0 saturated carbocycles. The summed E-state index contributed by atoms with van der Waals surface area (Å²) in [5, 5.41) is -0.139. The molecule has 10 heteroatoms. The van der Waals surface area contributed by atoms with Crippen LogP contribution in [-0.2, 0) is 0 Å². The predicted molar refractivity (Wildman–Crippen MR) is 64.8 cm³/mol. The maximum Gasteiger partial charge on any atom is 0.252 e. The quantitative estimate of drug-likeness (QED) is 0.361. The maximum absolute atomic E-state index is 13.3. The molecular formula is C11H4F6N2S2. The smallest absolute Gasteiger partial charge is 0.201 e. The second-order valence-electron chi connectivity index (χ2n) is 3.50. The van der Waals surface area contributed by atoms with Crippen molar-refractivity contribution in [2.45, 2.75) is 9.79 Å². The minimum Gasteiger partial charge on any atom is -0.201 e. The first kappa shape index (κ1) is 16.0. The number of rotatable bonds is 4. The lowest BCUT2D eigenvalue weighted by atomic mass is 10.4. The number of hydrogen-bond acceptors (Lipinski definition) is 4. The van der Waals surface area contributed by atoms with Crippen LogP contribution in [0.15, 0.2) is 21.9 Å². The van der Waals surface area contributed by atoms with Crippen molar-refractivity contribution in [2.24, 2.45) is 0 Å². The number of aromatic nitrogens is 2. The van der Waals surface area contributed by atoms with Crippen LogP contribution >= 0.6 is 23.5 Å². The van der Waals surface area contributed by atoms with Gasteiger partial charge in [0.1, 0.15) is 0 Å². The Balaban J connectivity index is 2.09. The summed E-state index contributed by atoms with van der Waals surface area (Å²) >= 11 is 1.25. The Labute approximate surface area is 123 Å². The summed E-state index contributed by atoms with van der Waals surface area (Å²) in [6, 6.07) is 1.32. The molecule has 0 atom stereocenters.